The van der Waals surface area contributed by atoms with Crippen molar-refractivity contribution in [3.8, 4) is 5.75 Å². The molecule has 132 valence electrons. The summed E-state index contributed by atoms with van der Waals surface area (Å²) in [6.07, 6.45) is 9.16. The molecular weight excluding hydrogens is 296 g/mol. The van der Waals surface area contributed by atoms with E-state index in [2.05, 4.69) is 33.8 Å². The Balaban J connectivity index is 2.59. The molecular formula is C22H32O2. The minimum absolute atomic E-state index is 0.0974. The second kappa shape index (κ2) is 7.92. The molecule has 0 unspecified atom stereocenters. The normalized spacial score (nSPS) is 17.1. The molecule has 0 spiro atoms. The fourth-order valence-electron chi connectivity index (χ4n) is 3.80. The minimum Gasteiger partial charge on any atom is -0.512 e. The molecule has 2 nitrogen and oxygen atoms in total. The molecule has 0 amide bonds. The maximum atomic E-state index is 10.2. The number of phenols is 1. The highest BCUT2D eigenvalue weighted by molar-refractivity contribution is 5.78. The summed E-state index contributed by atoms with van der Waals surface area (Å²) in [6, 6.07) is 5.78. The van der Waals surface area contributed by atoms with E-state index in [1.54, 1.807) is 6.07 Å². The lowest BCUT2D eigenvalue weighted by Crippen LogP contribution is -2.21. The Morgan fingerprint density at radius 2 is 1.67 bits per heavy atom. The van der Waals surface area contributed by atoms with Crippen LogP contribution in [0.4, 0.5) is 0 Å². The Hall–Kier alpha value is -1.70. The molecule has 1 aromatic carbocycles. The van der Waals surface area contributed by atoms with E-state index in [4.69, 9.17) is 0 Å². The number of aliphatic hydroxyl groups excluding tert-OH is 1. The van der Waals surface area contributed by atoms with Crippen molar-refractivity contribution in [3.63, 3.8) is 0 Å². The summed E-state index contributed by atoms with van der Waals surface area (Å²) in [6.45, 7) is 8.83. The molecule has 2 rings (SSSR count). The van der Waals surface area contributed by atoms with Crippen molar-refractivity contribution in [1.29, 1.82) is 0 Å². The molecule has 1 aromatic rings. The summed E-state index contributed by atoms with van der Waals surface area (Å²) >= 11 is 0. The van der Waals surface area contributed by atoms with Gasteiger partial charge in [-0.25, -0.2) is 0 Å². The van der Waals surface area contributed by atoms with Crippen LogP contribution in [-0.2, 0) is 6.42 Å². The van der Waals surface area contributed by atoms with Crippen molar-refractivity contribution in [2.24, 2.45) is 5.41 Å². The maximum Gasteiger partial charge on any atom is 0.115 e. The van der Waals surface area contributed by atoms with Crippen molar-refractivity contribution < 1.29 is 10.2 Å². The first-order valence-electron chi connectivity index (χ1n) is 9.34. The van der Waals surface area contributed by atoms with E-state index in [-0.39, 0.29) is 5.41 Å². The Kier molecular flexibility index (Phi) is 6.15. The number of unbranched alkanes of at least 4 members (excludes halogenated alkanes) is 2. The number of rotatable bonds is 7. The zero-order valence-electron chi connectivity index (χ0n) is 15.7. The molecule has 0 aromatic heterocycles. The zero-order chi connectivity index (χ0) is 17.7. The molecule has 0 heterocycles. The zero-order valence-corrected chi connectivity index (χ0v) is 15.7. The van der Waals surface area contributed by atoms with Crippen LogP contribution in [0.5, 0.6) is 5.75 Å². The van der Waals surface area contributed by atoms with Gasteiger partial charge in [-0.05, 0) is 71.6 Å². The van der Waals surface area contributed by atoms with Crippen LogP contribution in [0.25, 0.3) is 5.57 Å². The van der Waals surface area contributed by atoms with Crippen LogP contribution in [0.2, 0.25) is 0 Å². The number of hydrogen-bond donors (Lipinski definition) is 2. The lowest BCUT2D eigenvalue weighted by Gasteiger charge is -2.35. The smallest absolute Gasteiger partial charge is 0.115 e. The third-order valence-corrected chi connectivity index (χ3v) is 4.92. The lowest BCUT2D eigenvalue weighted by molar-refractivity contribution is 0.328. The van der Waals surface area contributed by atoms with E-state index in [0.717, 1.165) is 38.5 Å². The third-order valence-electron chi connectivity index (χ3n) is 4.92. The topological polar surface area (TPSA) is 40.5 Å². The Bertz CT molecular complexity index is 635. The third kappa shape index (κ3) is 4.23. The average Bonchev–Trinajstić information content (AvgIpc) is 2.50. The summed E-state index contributed by atoms with van der Waals surface area (Å²) < 4.78 is 0. The van der Waals surface area contributed by atoms with Gasteiger partial charge in [-0.2, -0.15) is 0 Å². The quantitative estimate of drug-likeness (QED) is 0.595. The van der Waals surface area contributed by atoms with Gasteiger partial charge in [0.15, 0.2) is 0 Å². The van der Waals surface area contributed by atoms with Crippen molar-refractivity contribution in [3.05, 3.63) is 46.7 Å². The van der Waals surface area contributed by atoms with Gasteiger partial charge in [-0.3, -0.25) is 0 Å². The molecule has 1 aliphatic carbocycles. The Morgan fingerprint density at radius 1 is 1.00 bits per heavy atom. The van der Waals surface area contributed by atoms with E-state index in [0.29, 0.717) is 17.9 Å². The van der Waals surface area contributed by atoms with Gasteiger partial charge in [0.2, 0.25) is 0 Å². The molecule has 0 radical (unpaired) electrons. The van der Waals surface area contributed by atoms with Gasteiger partial charge < -0.3 is 10.2 Å². The Morgan fingerprint density at radius 3 is 2.33 bits per heavy atom. The summed E-state index contributed by atoms with van der Waals surface area (Å²) in [5.41, 5.74) is 4.98. The van der Waals surface area contributed by atoms with Crippen molar-refractivity contribution in [2.75, 3.05) is 0 Å². The average molecular weight is 328 g/mol. The molecule has 0 fully saturated rings. The second-order valence-corrected chi connectivity index (χ2v) is 7.65. The van der Waals surface area contributed by atoms with Crippen LogP contribution in [0, 0.1) is 5.41 Å². The van der Waals surface area contributed by atoms with E-state index >= 15 is 0 Å². The summed E-state index contributed by atoms with van der Waals surface area (Å²) in [5.74, 6) is 0.830. The number of phenolic OH excluding ortho intramolecular Hbond substituents is 1. The largest absolute Gasteiger partial charge is 0.512 e. The van der Waals surface area contributed by atoms with Gasteiger partial charge in [0.05, 0.1) is 5.76 Å². The molecule has 0 atom stereocenters. The standard InChI is InChI=1S/C22H32O2/c1-5-7-9-16-13-18(23)11-12-20(16)21-17(10-8-6-2)14-19(24)15-22(21,3)4/h11-14,23-24H,5-10,15H2,1-4H3. The van der Waals surface area contributed by atoms with E-state index in [9.17, 15) is 10.2 Å². The highest BCUT2D eigenvalue weighted by Crippen LogP contribution is 2.47. The fraction of sp³-hybridized carbons (Fsp3) is 0.545. The van der Waals surface area contributed by atoms with Crippen molar-refractivity contribution in [1.82, 2.24) is 0 Å². The van der Waals surface area contributed by atoms with Crippen LogP contribution in [0.3, 0.4) is 0 Å². The predicted octanol–water partition coefficient (Wildman–Crippen LogP) is 6.55. The number of benzene rings is 1. The van der Waals surface area contributed by atoms with Gasteiger partial charge in [-0.1, -0.05) is 46.6 Å². The molecule has 0 saturated carbocycles. The van der Waals surface area contributed by atoms with Crippen LogP contribution in [-0.4, -0.2) is 10.2 Å². The van der Waals surface area contributed by atoms with E-state index < -0.39 is 0 Å². The molecule has 2 N–H and O–H groups in total. The highest BCUT2D eigenvalue weighted by Gasteiger charge is 2.32. The van der Waals surface area contributed by atoms with Gasteiger partial charge in [0.25, 0.3) is 0 Å². The molecule has 24 heavy (non-hydrogen) atoms. The van der Waals surface area contributed by atoms with Crippen LogP contribution in [0.15, 0.2) is 35.6 Å². The van der Waals surface area contributed by atoms with Crippen LogP contribution < -0.4 is 0 Å². The monoisotopic (exact) mass is 328 g/mol. The Labute approximate surface area is 146 Å². The number of aliphatic hydroxyl groups is 1. The summed E-state index contributed by atoms with van der Waals surface area (Å²) in [5, 5.41) is 20.2. The van der Waals surface area contributed by atoms with E-state index in [1.807, 2.05) is 12.1 Å². The number of aryl methyl sites for hydroxylation is 1. The number of allylic oxidation sites excluding steroid dienone is 4. The summed E-state index contributed by atoms with van der Waals surface area (Å²) in [4.78, 5) is 0. The van der Waals surface area contributed by atoms with Crippen LogP contribution >= 0.6 is 0 Å². The SMILES string of the molecule is CCCCC1=C(c2ccc(O)cc2CCCC)C(C)(C)CC(O)=C1. The molecule has 0 saturated heterocycles. The lowest BCUT2D eigenvalue weighted by atomic mass is 9.70. The van der Waals surface area contributed by atoms with Gasteiger partial charge in [0.1, 0.15) is 5.75 Å². The van der Waals surface area contributed by atoms with Gasteiger partial charge >= 0.3 is 0 Å². The van der Waals surface area contributed by atoms with Crippen molar-refractivity contribution >= 4 is 5.57 Å². The van der Waals surface area contributed by atoms with Crippen LogP contribution in [0.1, 0.15) is 77.3 Å². The molecule has 1 aliphatic rings. The second-order valence-electron chi connectivity index (χ2n) is 7.65. The predicted molar refractivity (Wildman–Crippen MR) is 102 cm³/mol. The number of hydrogen-bond acceptors (Lipinski definition) is 2. The maximum absolute atomic E-state index is 10.2. The van der Waals surface area contributed by atoms with Gasteiger partial charge in [0, 0.05) is 6.42 Å². The molecule has 0 bridgehead atoms. The summed E-state index contributed by atoms with van der Waals surface area (Å²) in [7, 11) is 0. The van der Waals surface area contributed by atoms with Gasteiger partial charge in [-0.15, -0.1) is 0 Å². The highest BCUT2D eigenvalue weighted by atomic mass is 16.3. The first-order chi connectivity index (χ1) is 11.4. The first kappa shape index (κ1) is 18.6. The van der Waals surface area contributed by atoms with E-state index in [1.165, 1.54) is 22.3 Å². The van der Waals surface area contributed by atoms with Crippen molar-refractivity contribution in [2.45, 2.75) is 72.6 Å². The minimum atomic E-state index is -0.0974. The number of aromatic hydroxyl groups is 1. The molecule has 2 heteroatoms. The first-order valence-corrected chi connectivity index (χ1v) is 9.34. The molecule has 0 aliphatic heterocycles. The fourth-order valence-corrected chi connectivity index (χ4v) is 3.80.